The highest BCUT2D eigenvalue weighted by Crippen LogP contribution is 2.56. The van der Waals surface area contributed by atoms with Crippen molar-refractivity contribution in [1.29, 1.82) is 0 Å². The number of primary sulfonamides is 1. The first kappa shape index (κ1) is 21.3. The number of nitrogens with two attached hydrogens (primary N) is 1. The molecule has 158 valence electrons. The van der Waals surface area contributed by atoms with Crippen LogP contribution in [0.2, 0.25) is 0 Å². The first-order chi connectivity index (χ1) is 13.4. The number of benzene rings is 1. The second-order valence-corrected chi connectivity index (χ2v) is 10.3. The van der Waals surface area contributed by atoms with E-state index < -0.39 is 26.4 Å². The van der Waals surface area contributed by atoms with E-state index in [0.717, 1.165) is 12.5 Å². The molecule has 1 aromatic carbocycles. The summed E-state index contributed by atoms with van der Waals surface area (Å²) in [6.07, 6.45) is 2.19. The highest BCUT2D eigenvalue weighted by Gasteiger charge is 2.30. The standard InChI is InChI=1S/C17H22N4O6S2/c1-10(2)5-7-21-8-6-13(22)15(17(21)23)16-19-12-4-3-11(28(18,24)25)9-14(12)29(26,27)20-16/h3-4,6,8-10,22,26-27H,5,7H2,1-2H3,(H,19,20)(H2,18,24,25). The molecule has 0 atom stereocenters. The van der Waals surface area contributed by atoms with Crippen LogP contribution in [0, 0.1) is 5.92 Å². The van der Waals surface area contributed by atoms with Gasteiger partial charge in [0.15, 0.2) is 5.84 Å². The average molecular weight is 443 g/mol. The lowest BCUT2D eigenvalue weighted by Gasteiger charge is -2.34. The first-order valence-corrected chi connectivity index (χ1v) is 11.7. The molecule has 2 heterocycles. The molecule has 0 amide bonds. The number of nitrogens with one attached hydrogen (secondary N) is 1. The lowest BCUT2D eigenvalue weighted by molar-refractivity contribution is 0.463. The summed E-state index contributed by atoms with van der Waals surface area (Å²) in [7, 11) is -7.91. The molecule has 0 saturated carbocycles. The fourth-order valence-corrected chi connectivity index (χ4v) is 4.61. The normalized spacial score (nSPS) is 16.7. The molecule has 29 heavy (non-hydrogen) atoms. The predicted octanol–water partition coefficient (Wildman–Crippen LogP) is 2.14. The van der Waals surface area contributed by atoms with E-state index in [-0.39, 0.29) is 32.6 Å². The van der Waals surface area contributed by atoms with Gasteiger partial charge in [0, 0.05) is 12.7 Å². The van der Waals surface area contributed by atoms with Crippen molar-refractivity contribution in [3.05, 3.63) is 46.4 Å². The number of pyridine rings is 1. The minimum Gasteiger partial charge on any atom is -0.507 e. The Balaban J connectivity index is 2.09. The molecule has 1 aliphatic rings. The van der Waals surface area contributed by atoms with Crippen molar-refractivity contribution in [2.24, 2.45) is 15.5 Å². The summed E-state index contributed by atoms with van der Waals surface area (Å²) in [5, 5.41) is 18.1. The van der Waals surface area contributed by atoms with Gasteiger partial charge in [0.25, 0.3) is 5.56 Å². The van der Waals surface area contributed by atoms with E-state index in [4.69, 9.17) is 5.14 Å². The molecule has 2 aromatic rings. The van der Waals surface area contributed by atoms with Crippen molar-refractivity contribution in [3.8, 4) is 5.75 Å². The number of amidine groups is 1. The van der Waals surface area contributed by atoms with Gasteiger partial charge in [0.2, 0.25) is 10.0 Å². The second kappa shape index (κ2) is 7.46. The molecular formula is C17H22N4O6S2. The zero-order valence-corrected chi connectivity index (χ0v) is 17.4. The maximum atomic E-state index is 12.8. The van der Waals surface area contributed by atoms with Gasteiger partial charge in [-0.15, -0.1) is 4.40 Å². The Kier molecular flexibility index (Phi) is 5.49. The largest absolute Gasteiger partial charge is 0.507 e. The number of aromatic nitrogens is 1. The van der Waals surface area contributed by atoms with E-state index in [2.05, 4.69) is 9.71 Å². The van der Waals surface area contributed by atoms with Gasteiger partial charge >= 0.3 is 0 Å². The SMILES string of the molecule is CC(C)CCn1ccc(O)c(C2=NS(O)(O)c3cc(S(N)(=O)=O)ccc3N2)c1=O. The Bertz CT molecular complexity index is 1150. The van der Waals surface area contributed by atoms with Gasteiger partial charge in [0.05, 0.1) is 10.6 Å². The summed E-state index contributed by atoms with van der Waals surface area (Å²) in [6, 6.07) is 4.81. The van der Waals surface area contributed by atoms with Crippen LogP contribution in [0.5, 0.6) is 5.75 Å². The number of sulfonamides is 1. The van der Waals surface area contributed by atoms with Crippen molar-refractivity contribution in [3.63, 3.8) is 0 Å². The molecule has 0 fully saturated rings. The van der Waals surface area contributed by atoms with Crippen LogP contribution >= 0.6 is 10.8 Å². The number of anilines is 1. The number of aryl methyl sites for hydroxylation is 1. The maximum absolute atomic E-state index is 12.8. The van der Waals surface area contributed by atoms with Gasteiger partial charge in [-0.1, -0.05) is 24.6 Å². The van der Waals surface area contributed by atoms with Crippen molar-refractivity contribution in [2.75, 3.05) is 5.32 Å². The van der Waals surface area contributed by atoms with Crippen molar-refractivity contribution < 1.29 is 22.6 Å². The minimum absolute atomic E-state index is 0.138. The smallest absolute Gasteiger partial charge is 0.265 e. The molecule has 0 bridgehead atoms. The van der Waals surface area contributed by atoms with Crippen molar-refractivity contribution in [2.45, 2.75) is 36.6 Å². The van der Waals surface area contributed by atoms with Crippen molar-refractivity contribution in [1.82, 2.24) is 4.57 Å². The topological polar surface area (TPSA) is 167 Å². The number of hydrogen-bond donors (Lipinski definition) is 5. The molecule has 3 rings (SSSR count). The summed E-state index contributed by atoms with van der Waals surface area (Å²) in [5.41, 5.74) is -0.618. The number of rotatable bonds is 5. The first-order valence-electron chi connectivity index (χ1n) is 8.65. The van der Waals surface area contributed by atoms with Gasteiger partial charge in [-0.2, -0.15) is 0 Å². The van der Waals surface area contributed by atoms with Crippen LogP contribution in [-0.2, 0) is 16.6 Å². The Morgan fingerprint density at radius 2 is 1.97 bits per heavy atom. The Morgan fingerprint density at radius 3 is 2.59 bits per heavy atom. The third-order valence-electron chi connectivity index (χ3n) is 4.38. The van der Waals surface area contributed by atoms with E-state index >= 15 is 0 Å². The zero-order chi connectivity index (χ0) is 21.6. The predicted molar refractivity (Wildman–Crippen MR) is 111 cm³/mol. The summed E-state index contributed by atoms with van der Waals surface area (Å²) in [5.74, 6) is -0.236. The minimum atomic E-state index is -4.06. The molecule has 10 nitrogen and oxygen atoms in total. The molecule has 0 aliphatic carbocycles. The Hall–Kier alpha value is -2.38. The van der Waals surface area contributed by atoms with Crippen LogP contribution < -0.4 is 16.0 Å². The molecule has 0 spiro atoms. The third-order valence-corrected chi connectivity index (χ3v) is 6.65. The van der Waals surface area contributed by atoms with Crippen LogP contribution in [0.1, 0.15) is 25.8 Å². The molecular weight excluding hydrogens is 420 g/mol. The Labute approximate surface area is 169 Å². The van der Waals surface area contributed by atoms with E-state index in [1.807, 2.05) is 13.8 Å². The van der Waals surface area contributed by atoms with Gasteiger partial charge in [-0.3, -0.25) is 13.9 Å². The fraction of sp³-hybridized carbons (Fsp3) is 0.294. The zero-order valence-electron chi connectivity index (χ0n) is 15.7. The molecule has 1 aromatic heterocycles. The molecule has 0 saturated heterocycles. The van der Waals surface area contributed by atoms with E-state index in [9.17, 15) is 27.4 Å². The molecule has 0 radical (unpaired) electrons. The monoisotopic (exact) mass is 442 g/mol. The highest BCUT2D eigenvalue weighted by atomic mass is 32.3. The second-order valence-electron chi connectivity index (χ2n) is 7.04. The summed E-state index contributed by atoms with van der Waals surface area (Å²) in [4.78, 5) is 12.4. The highest BCUT2D eigenvalue weighted by molar-refractivity contribution is 8.23. The van der Waals surface area contributed by atoms with Crippen LogP contribution in [0.25, 0.3) is 0 Å². The fourth-order valence-electron chi connectivity index (χ4n) is 2.81. The maximum Gasteiger partial charge on any atom is 0.265 e. The van der Waals surface area contributed by atoms with Gasteiger partial charge < -0.3 is 15.0 Å². The number of fused-ring (bicyclic) bond motifs is 1. The number of nitrogens with zero attached hydrogens (tertiary/aromatic N) is 2. The van der Waals surface area contributed by atoms with E-state index in [0.29, 0.717) is 12.5 Å². The molecule has 1 aliphatic heterocycles. The quantitative estimate of drug-likeness (QED) is 0.473. The number of hydrogen-bond acceptors (Lipinski definition) is 8. The lowest BCUT2D eigenvalue weighted by Crippen LogP contribution is -2.32. The summed E-state index contributed by atoms with van der Waals surface area (Å²) < 4.78 is 49.2. The van der Waals surface area contributed by atoms with Gasteiger partial charge in [0.1, 0.15) is 16.2 Å². The van der Waals surface area contributed by atoms with Crippen LogP contribution in [-0.4, -0.2) is 33.0 Å². The lowest BCUT2D eigenvalue weighted by atomic mass is 10.1. The summed E-state index contributed by atoms with van der Waals surface area (Å²) >= 11 is 0. The van der Waals surface area contributed by atoms with Gasteiger partial charge in [-0.25, -0.2) is 13.6 Å². The molecule has 0 unspecified atom stereocenters. The molecule has 12 heteroatoms. The third kappa shape index (κ3) is 4.31. The van der Waals surface area contributed by atoms with E-state index in [1.54, 1.807) is 0 Å². The van der Waals surface area contributed by atoms with E-state index in [1.165, 1.54) is 29.0 Å². The van der Waals surface area contributed by atoms with Crippen LogP contribution in [0.4, 0.5) is 5.69 Å². The van der Waals surface area contributed by atoms with Gasteiger partial charge in [-0.05, 0) is 36.6 Å². The summed E-state index contributed by atoms with van der Waals surface area (Å²) in [6.45, 7) is 4.45. The average Bonchev–Trinajstić information content (AvgIpc) is 2.59. The molecule has 6 N–H and O–H groups in total. The number of aromatic hydroxyl groups is 1. The van der Waals surface area contributed by atoms with Crippen LogP contribution in [0.15, 0.2) is 49.4 Å². The van der Waals surface area contributed by atoms with Crippen LogP contribution in [0.3, 0.4) is 0 Å². The van der Waals surface area contributed by atoms with Crippen molar-refractivity contribution >= 4 is 32.3 Å². The Morgan fingerprint density at radius 1 is 1.28 bits per heavy atom.